The molecule has 20 heavy (non-hydrogen) atoms. The molecule has 0 aromatic heterocycles. The van der Waals surface area contributed by atoms with Crippen molar-refractivity contribution in [3.63, 3.8) is 0 Å². The average molecular weight is 282 g/mol. The van der Waals surface area contributed by atoms with E-state index in [1.165, 1.54) is 44.9 Å². The smallest absolute Gasteiger partial charge is 0.129 e. The molecule has 0 saturated heterocycles. The maximum Gasteiger partial charge on any atom is 0.129 e. The normalized spacial score (nSPS) is 21.8. The minimum absolute atomic E-state index is 0.163. The van der Waals surface area contributed by atoms with Gasteiger partial charge in [-0.1, -0.05) is 58.8 Å². The van der Waals surface area contributed by atoms with Crippen molar-refractivity contribution < 1.29 is 9.59 Å². The Morgan fingerprint density at radius 3 is 1.95 bits per heavy atom. The summed E-state index contributed by atoms with van der Waals surface area (Å²) in [6.07, 6.45) is 12.1. The summed E-state index contributed by atoms with van der Waals surface area (Å²) in [5, 5.41) is 0. The van der Waals surface area contributed by atoms with Gasteiger partial charge in [-0.05, 0) is 32.1 Å². The third-order valence-corrected chi connectivity index (χ3v) is 4.28. The molecule has 0 radical (unpaired) electrons. The van der Waals surface area contributed by atoms with Crippen LogP contribution in [-0.2, 0) is 9.59 Å². The van der Waals surface area contributed by atoms with Crippen LogP contribution in [0.3, 0.4) is 0 Å². The molecule has 0 amide bonds. The molecule has 2 atom stereocenters. The van der Waals surface area contributed by atoms with Gasteiger partial charge in [-0.3, -0.25) is 0 Å². The molecule has 0 aromatic rings. The van der Waals surface area contributed by atoms with E-state index in [1.54, 1.807) is 13.8 Å². The third-order valence-electron chi connectivity index (χ3n) is 4.28. The highest BCUT2D eigenvalue weighted by Crippen LogP contribution is 2.32. The monoisotopic (exact) mass is 282 g/mol. The van der Waals surface area contributed by atoms with Crippen molar-refractivity contribution in [2.24, 2.45) is 11.8 Å². The maximum atomic E-state index is 10.3. The van der Waals surface area contributed by atoms with Gasteiger partial charge in [0.15, 0.2) is 0 Å². The molecule has 2 nitrogen and oxygen atoms in total. The summed E-state index contributed by atoms with van der Waals surface area (Å²) in [6, 6.07) is 0. The van der Waals surface area contributed by atoms with E-state index in [4.69, 9.17) is 0 Å². The first-order chi connectivity index (χ1) is 9.47. The highest BCUT2D eigenvalue weighted by Gasteiger charge is 2.19. The highest BCUT2D eigenvalue weighted by atomic mass is 16.1. The molecule has 1 aliphatic carbocycles. The van der Waals surface area contributed by atoms with Crippen LogP contribution in [0.1, 0.15) is 91.9 Å². The van der Waals surface area contributed by atoms with Gasteiger partial charge in [-0.2, -0.15) is 0 Å². The number of unbranched alkanes of at least 4 members (excludes halogenated alkanes) is 1. The quantitative estimate of drug-likeness (QED) is 0.631. The summed E-state index contributed by atoms with van der Waals surface area (Å²) in [5.74, 6) is 2.42. The Hall–Kier alpha value is -0.660. The van der Waals surface area contributed by atoms with Gasteiger partial charge < -0.3 is 9.59 Å². The fourth-order valence-corrected chi connectivity index (χ4v) is 2.87. The zero-order chi connectivity index (χ0) is 15.4. The van der Waals surface area contributed by atoms with Crippen LogP contribution in [0, 0.1) is 11.8 Å². The van der Waals surface area contributed by atoms with Crippen LogP contribution in [0.5, 0.6) is 0 Å². The molecule has 0 spiro atoms. The number of hydrogen-bond donors (Lipinski definition) is 0. The Bertz CT molecular complexity index is 257. The van der Waals surface area contributed by atoms with E-state index < -0.39 is 0 Å². The lowest BCUT2D eigenvalue weighted by Gasteiger charge is -2.28. The van der Waals surface area contributed by atoms with Crippen LogP contribution in [0.25, 0.3) is 0 Å². The second-order valence-electron chi connectivity index (χ2n) is 6.42. The lowest BCUT2D eigenvalue weighted by Crippen LogP contribution is -2.16. The summed E-state index contributed by atoms with van der Waals surface area (Å²) in [4.78, 5) is 20.6. The van der Waals surface area contributed by atoms with Crippen molar-refractivity contribution in [1.29, 1.82) is 0 Å². The Balaban J connectivity index is 0.000000370. The molecular formula is C18H34O2. The van der Waals surface area contributed by atoms with E-state index in [-0.39, 0.29) is 11.6 Å². The molecule has 0 N–H and O–H groups in total. The van der Waals surface area contributed by atoms with E-state index in [0.29, 0.717) is 19.3 Å². The molecule has 1 saturated carbocycles. The Labute approximate surface area is 125 Å². The van der Waals surface area contributed by atoms with E-state index in [9.17, 15) is 9.59 Å². The summed E-state index contributed by atoms with van der Waals surface area (Å²) in [6.45, 7) is 7.83. The molecule has 0 heterocycles. The first-order valence-corrected chi connectivity index (χ1v) is 8.46. The molecule has 0 bridgehead atoms. The van der Waals surface area contributed by atoms with Crippen molar-refractivity contribution in [3.8, 4) is 0 Å². The van der Waals surface area contributed by atoms with Crippen molar-refractivity contribution >= 4 is 11.6 Å². The van der Waals surface area contributed by atoms with Crippen LogP contribution in [-0.4, -0.2) is 11.6 Å². The zero-order valence-electron chi connectivity index (χ0n) is 14.0. The number of carbonyl (C=O) groups excluding carboxylic acids is 2. The SMILES string of the molecule is CC(=O)CCCC(C)=O.CCCCC1CCCCC1C. The molecule has 118 valence electrons. The van der Waals surface area contributed by atoms with E-state index in [2.05, 4.69) is 13.8 Å². The van der Waals surface area contributed by atoms with Gasteiger partial charge in [0.25, 0.3) is 0 Å². The van der Waals surface area contributed by atoms with E-state index in [0.717, 1.165) is 11.8 Å². The fraction of sp³-hybridized carbons (Fsp3) is 0.889. The molecule has 0 aliphatic heterocycles. The van der Waals surface area contributed by atoms with Crippen LogP contribution in [0.2, 0.25) is 0 Å². The largest absolute Gasteiger partial charge is 0.300 e. The Morgan fingerprint density at radius 1 is 0.950 bits per heavy atom. The minimum Gasteiger partial charge on any atom is -0.300 e. The zero-order valence-corrected chi connectivity index (χ0v) is 14.0. The lowest BCUT2D eigenvalue weighted by atomic mass is 9.78. The average Bonchev–Trinajstić information content (AvgIpc) is 2.38. The molecule has 1 fully saturated rings. The maximum absolute atomic E-state index is 10.3. The predicted octanol–water partition coefficient (Wildman–Crippen LogP) is 5.34. The van der Waals surface area contributed by atoms with Gasteiger partial charge in [0.2, 0.25) is 0 Å². The number of hydrogen-bond acceptors (Lipinski definition) is 2. The molecule has 1 rings (SSSR count). The second-order valence-corrected chi connectivity index (χ2v) is 6.42. The van der Waals surface area contributed by atoms with Crippen LogP contribution >= 0.6 is 0 Å². The van der Waals surface area contributed by atoms with Gasteiger partial charge in [-0.15, -0.1) is 0 Å². The number of Topliss-reactive ketones (excluding diaryl/α,β-unsaturated/α-hetero) is 2. The topological polar surface area (TPSA) is 34.1 Å². The van der Waals surface area contributed by atoms with Crippen molar-refractivity contribution in [3.05, 3.63) is 0 Å². The summed E-state index contributed by atoms with van der Waals surface area (Å²) < 4.78 is 0. The van der Waals surface area contributed by atoms with Crippen LogP contribution < -0.4 is 0 Å². The Morgan fingerprint density at radius 2 is 1.50 bits per heavy atom. The first kappa shape index (κ1) is 19.3. The highest BCUT2D eigenvalue weighted by molar-refractivity contribution is 5.78. The summed E-state index contributed by atoms with van der Waals surface area (Å²) in [7, 11) is 0. The molecule has 2 unspecified atom stereocenters. The summed E-state index contributed by atoms with van der Waals surface area (Å²) in [5.41, 5.74) is 0. The van der Waals surface area contributed by atoms with Crippen molar-refractivity contribution in [1.82, 2.24) is 0 Å². The number of carbonyl (C=O) groups is 2. The van der Waals surface area contributed by atoms with Crippen LogP contribution in [0.15, 0.2) is 0 Å². The number of ketones is 2. The van der Waals surface area contributed by atoms with Gasteiger partial charge in [0.05, 0.1) is 0 Å². The molecule has 2 heteroatoms. The van der Waals surface area contributed by atoms with Crippen molar-refractivity contribution in [2.75, 3.05) is 0 Å². The fourth-order valence-electron chi connectivity index (χ4n) is 2.87. The van der Waals surface area contributed by atoms with Gasteiger partial charge in [-0.25, -0.2) is 0 Å². The van der Waals surface area contributed by atoms with E-state index in [1.807, 2.05) is 0 Å². The second kappa shape index (κ2) is 12.1. The number of rotatable bonds is 7. The minimum atomic E-state index is 0.163. The first-order valence-electron chi connectivity index (χ1n) is 8.46. The predicted molar refractivity (Wildman–Crippen MR) is 85.9 cm³/mol. The molecule has 0 aromatic carbocycles. The lowest BCUT2D eigenvalue weighted by molar-refractivity contribution is -0.118. The van der Waals surface area contributed by atoms with Gasteiger partial charge in [0, 0.05) is 12.8 Å². The summed E-state index contributed by atoms with van der Waals surface area (Å²) >= 11 is 0. The van der Waals surface area contributed by atoms with Crippen LogP contribution in [0.4, 0.5) is 0 Å². The third kappa shape index (κ3) is 11.2. The standard InChI is InChI=1S/C11H22.C7H12O2/c1-3-4-8-11-9-6-5-7-10(11)2;1-6(8)4-3-5-7(2)9/h10-11H,3-9H2,1-2H3;3-5H2,1-2H3. The van der Waals surface area contributed by atoms with Gasteiger partial charge >= 0.3 is 0 Å². The molecular weight excluding hydrogens is 248 g/mol. The molecule has 1 aliphatic rings. The van der Waals surface area contributed by atoms with Gasteiger partial charge in [0.1, 0.15) is 11.6 Å². The van der Waals surface area contributed by atoms with Crippen molar-refractivity contribution in [2.45, 2.75) is 91.9 Å². The van der Waals surface area contributed by atoms with E-state index >= 15 is 0 Å². The Kier molecular flexibility index (Phi) is 11.7.